The monoisotopic (exact) mass is 373 g/mol. The summed E-state index contributed by atoms with van der Waals surface area (Å²) in [6.07, 6.45) is 2.08. The van der Waals surface area contributed by atoms with Crippen molar-refractivity contribution < 1.29 is 19.4 Å². The SMILES string of the molecule is CN(C)C(=O)C1=C[C@@H](c2cccs2)C[C@@H](OCc2ccc(CO)cc2)O1. The minimum atomic E-state index is -0.483. The Morgan fingerprint density at radius 1 is 1.27 bits per heavy atom. The molecular weight excluding hydrogens is 350 g/mol. The molecule has 0 fully saturated rings. The van der Waals surface area contributed by atoms with Crippen LogP contribution in [0.3, 0.4) is 0 Å². The Morgan fingerprint density at radius 3 is 2.62 bits per heavy atom. The number of carbonyl (C=O) groups is 1. The standard InChI is InChI=1S/C20H23NO4S/c1-21(2)20(23)17-10-16(18-4-3-9-26-18)11-19(25-17)24-13-15-7-5-14(12-22)6-8-15/h3-10,16,19,22H,11-13H2,1-2H3/t16-,19+/m1/s1. The Labute approximate surface area is 157 Å². The first kappa shape index (κ1) is 18.6. The number of ether oxygens (including phenoxy) is 2. The van der Waals surface area contributed by atoms with E-state index in [1.54, 1.807) is 25.4 Å². The van der Waals surface area contributed by atoms with Gasteiger partial charge < -0.3 is 19.5 Å². The first-order valence-corrected chi connectivity index (χ1v) is 9.38. The molecule has 26 heavy (non-hydrogen) atoms. The van der Waals surface area contributed by atoms with E-state index in [0.717, 1.165) is 11.1 Å². The maximum Gasteiger partial charge on any atom is 0.288 e. The predicted octanol–water partition coefficient (Wildman–Crippen LogP) is 3.26. The van der Waals surface area contributed by atoms with Gasteiger partial charge >= 0.3 is 0 Å². The molecule has 2 aromatic rings. The number of amides is 1. The molecule has 3 rings (SSSR count). The van der Waals surface area contributed by atoms with Crippen LogP contribution >= 0.6 is 11.3 Å². The van der Waals surface area contributed by atoms with Crippen LogP contribution in [-0.4, -0.2) is 36.3 Å². The van der Waals surface area contributed by atoms with Crippen LogP contribution < -0.4 is 0 Å². The van der Waals surface area contributed by atoms with Gasteiger partial charge in [0.15, 0.2) is 5.76 Å². The van der Waals surface area contributed by atoms with Gasteiger partial charge in [0.25, 0.3) is 5.91 Å². The van der Waals surface area contributed by atoms with E-state index < -0.39 is 6.29 Å². The van der Waals surface area contributed by atoms with Crippen LogP contribution in [0.15, 0.2) is 53.6 Å². The molecule has 2 heterocycles. The van der Waals surface area contributed by atoms with Gasteiger partial charge in [-0.1, -0.05) is 30.3 Å². The van der Waals surface area contributed by atoms with Gasteiger partial charge in [-0.05, 0) is 28.6 Å². The quantitative estimate of drug-likeness (QED) is 0.844. The van der Waals surface area contributed by atoms with Crippen LogP contribution in [0.25, 0.3) is 0 Å². The molecule has 0 spiro atoms. The van der Waals surface area contributed by atoms with E-state index in [1.807, 2.05) is 41.8 Å². The topological polar surface area (TPSA) is 59.0 Å². The molecule has 0 aliphatic carbocycles. The summed E-state index contributed by atoms with van der Waals surface area (Å²) >= 11 is 1.67. The highest BCUT2D eigenvalue weighted by atomic mass is 32.1. The molecular formula is C20H23NO4S. The number of aliphatic hydroxyl groups is 1. The van der Waals surface area contributed by atoms with Gasteiger partial charge in [-0.2, -0.15) is 0 Å². The molecule has 1 amide bonds. The van der Waals surface area contributed by atoms with Gasteiger partial charge in [-0.15, -0.1) is 11.3 Å². The lowest BCUT2D eigenvalue weighted by atomic mass is 9.99. The molecule has 0 unspecified atom stereocenters. The summed E-state index contributed by atoms with van der Waals surface area (Å²) < 4.78 is 11.8. The van der Waals surface area contributed by atoms with Gasteiger partial charge in [0.2, 0.25) is 6.29 Å². The van der Waals surface area contributed by atoms with Gasteiger partial charge in [0, 0.05) is 31.3 Å². The number of benzene rings is 1. The van der Waals surface area contributed by atoms with Crippen LogP contribution in [0.1, 0.15) is 28.3 Å². The predicted molar refractivity (Wildman–Crippen MR) is 100 cm³/mol. The molecule has 1 aliphatic heterocycles. The lowest BCUT2D eigenvalue weighted by Crippen LogP contribution is -2.32. The highest BCUT2D eigenvalue weighted by molar-refractivity contribution is 7.10. The molecule has 6 heteroatoms. The Balaban J connectivity index is 1.70. The minimum Gasteiger partial charge on any atom is -0.459 e. The molecule has 1 aromatic heterocycles. The van der Waals surface area contributed by atoms with E-state index >= 15 is 0 Å². The van der Waals surface area contributed by atoms with E-state index in [-0.39, 0.29) is 18.4 Å². The largest absolute Gasteiger partial charge is 0.459 e. The third-order valence-corrected chi connectivity index (χ3v) is 5.23. The maximum absolute atomic E-state index is 12.4. The van der Waals surface area contributed by atoms with E-state index in [4.69, 9.17) is 14.6 Å². The van der Waals surface area contributed by atoms with Crippen LogP contribution in [0.2, 0.25) is 0 Å². The van der Waals surface area contributed by atoms with Gasteiger partial charge in [-0.3, -0.25) is 4.79 Å². The maximum atomic E-state index is 12.4. The fraction of sp³-hybridized carbons (Fsp3) is 0.350. The van der Waals surface area contributed by atoms with E-state index in [9.17, 15) is 4.79 Å². The number of aliphatic hydroxyl groups excluding tert-OH is 1. The summed E-state index contributed by atoms with van der Waals surface area (Å²) in [5.41, 5.74) is 1.86. The molecule has 5 nitrogen and oxygen atoms in total. The van der Waals surface area contributed by atoms with Gasteiger partial charge in [-0.25, -0.2) is 0 Å². The summed E-state index contributed by atoms with van der Waals surface area (Å²) in [6.45, 7) is 0.410. The highest BCUT2D eigenvalue weighted by Crippen LogP contribution is 2.34. The number of hydrogen-bond acceptors (Lipinski definition) is 5. The number of nitrogens with zero attached hydrogens (tertiary/aromatic N) is 1. The summed E-state index contributed by atoms with van der Waals surface area (Å²) in [5, 5.41) is 11.1. The summed E-state index contributed by atoms with van der Waals surface area (Å²) in [6, 6.07) is 11.7. The Bertz CT molecular complexity index is 753. The van der Waals surface area contributed by atoms with E-state index in [1.165, 1.54) is 9.78 Å². The number of rotatable bonds is 6. The van der Waals surface area contributed by atoms with Crippen molar-refractivity contribution in [2.75, 3.05) is 14.1 Å². The zero-order chi connectivity index (χ0) is 18.5. The van der Waals surface area contributed by atoms with E-state index in [2.05, 4.69) is 6.07 Å². The van der Waals surface area contributed by atoms with Gasteiger partial charge in [0.1, 0.15) is 0 Å². The van der Waals surface area contributed by atoms with Crippen molar-refractivity contribution in [1.29, 1.82) is 0 Å². The minimum absolute atomic E-state index is 0.0240. The second-order valence-corrected chi connectivity index (χ2v) is 7.40. The average Bonchev–Trinajstić information content (AvgIpc) is 3.20. The zero-order valence-electron chi connectivity index (χ0n) is 14.9. The van der Waals surface area contributed by atoms with Crippen molar-refractivity contribution in [3.05, 3.63) is 69.6 Å². The van der Waals surface area contributed by atoms with Crippen molar-refractivity contribution in [3.8, 4) is 0 Å². The molecule has 1 aromatic carbocycles. The number of thiophene rings is 1. The summed E-state index contributed by atoms with van der Waals surface area (Å²) in [4.78, 5) is 15.1. The third-order valence-electron chi connectivity index (χ3n) is 4.22. The molecule has 0 saturated heterocycles. The first-order valence-electron chi connectivity index (χ1n) is 8.50. The van der Waals surface area contributed by atoms with Crippen molar-refractivity contribution >= 4 is 17.2 Å². The van der Waals surface area contributed by atoms with Crippen molar-refractivity contribution in [1.82, 2.24) is 4.90 Å². The molecule has 0 saturated carbocycles. The lowest BCUT2D eigenvalue weighted by Gasteiger charge is -2.29. The van der Waals surface area contributed by atoms with Crippen LogP contribution in [0.5, 0.6) is 0 Å². The van der Waals surface area contributed by atoms with E-state index in [0.29, 0.717) is 18.8 Å². The Morgan fingerprint density at radius 2 is 2.00 bits per heavy atom. The second-order valence-electron chi connectivity index (χ2n) is 6.42. The molecule has 138 valence electrons. The molecule has 1 aliphatic rings. The second kappa shape index (κ2) is 8.49. The highest BCUT2D eigenvalue weighted by Gasteiger charge is 2.29. The van der Waals surface area contributed by atoms with Crippen molar-refractivity contribution in [3.63, 3.8) is 0 Å². The third kappa shape index (κ3) is 4.52. The van der Waals surface area contributed by atoms with Crippen LogP contribution in [0, 0.1) is 0 Å². The Hall–Kier alpha value is -2.15. The molecule has 0 radical (unpaired) electrons. The number of carbonyl (C=O) groups excluding carboxylic acids is 1. The summed E-state index contributed by atoms with van der Waals surface area (Å²) in [5.74, 6) is 0.275. The Kier molecular flexibility index (Phi) is 6.08. The first-order chi connectivity index (χ1) is 12.6. The van der Waals surface area contributed by atoms with Crippen LogP contribution in [-0.2, 0) is 27.5 Å². The number of allylic oxidation sites excluding steroid dienone is 1. The number of likely N-dealkylation sites (N-methyl/N-ethyl adjacent to an activating group) is 1. The number of hydrogen-bond donors (Lipinski definition) is 1. The van der Waals surface area contributed by atoms with Crippen molar-refractivity contribution in [2.24, 2.45) is 0 Å². The van der Waals surface area contributed by atoms with Crippen molar-refractivity contribution in [2.45, 2.75) is 31.8 Å². The fourth-order valence-electron chi connectivity index (χ4n) is 2.76. The average molecular weight is 373 g/mol. The molecule has 1 N–H and O–H groups in total. The summed E-state index contributed by atoms with van der Waals surface area (Å²) in [7, 11) is 3.42. The normalized spacial score (nSPS) is 19.6. The zero-order valence-corrected chi connectivity index (χ0v) is 15.7. The molecule has 2 atom stereocenters. The fourth-order valence-corrected chi connectivity index (χ4v) is 3.57. The lowest BCUT2D eigenvalue weighted by molar-refractivity contribution is -0.154. The van der Waals surface area contributed by atoms with Gasteiger partial charge in [0.05, 0.1) is 13.2 Å². The van der Waals surface area contributed by atoms with Crippen LogP contribution in [0.4, 0.5) is 0 Å². The smallest absolute Gasteiger partial charge is 0.288 e. The molecule has 0 bridgehead atoms.